The standard InChI is InChI=1S/C17H28N4O/c1-14-11-15(2)13-16(12-14)19-17(22)18-5-4-6-21-9-7-20(3)8-10-21/h11-13H,4-10H2,1-3H3,(H2,18,19,22). The summed E-state index contributed by atoms with van der Waals surface area (Å²) < 4.78 is 0. The molecule has 1 aliphatic rings. The maximum Gasteiger partial charge on any atom is 0.319 e. The number of carbonyl (C=O) groups is 1. The second-order valence-corrected chi connectivity index (χ2v) is 6.26. The normalized spacial score (nSPS) is 16.5. The number of likely N-dealkylation sites (N-methyl/N-ethyl adjacent to an activating group) is 1. The van der Waals surface area contributed by atoms with Crippen molar-refractivity contribution in [2.75, 3.05) is 51.6 Å². The maximum atomic E-state index is 11.9. The lowest BCUT2D eigenvalue weighted by Crippen LogP contribution is -2.45. The van der Waals surface area contributed by atoms with Gasteiger partial charge in [0.15, 0.2) is 0 Å². The van der Waals surface area contributed by atoms with Crippen LogP contribution in [-0.4, -0.2) is 62.1 Å². The van der Waals surface area contributed by atoms with Gasteiger partial charge in [-0.25, -0.2) is 4.79 Å². The molecule has 1 fully saturated rings. The number of hydrogen-bond acceptors (Lipinski definition) is 3. The zero-order chi connectivity index (χ0) is 15.9. The van der Waals surface area contributed by atoms with E-state index >= 15 is 0 Å². The van der Waals surface area contributed by atoms with Crippen LogP contribution in [0.1, 0.15) is 17.5 Å². The minimum Gasteiger partial charge on any atom is -0.338 e. The summed E-state index contributed by atoms with van der Waals surface area (Å²) in [5.41, 5.74) is 3.17. The molecule has 1 aliphatic heterocycles. The van der Waals surface area contributed by atoms with Crippen LogP contribution in [0.4, 0.5) is 10.5 Å². The number of rotatable bonds is 5. The zero-order valence-corrected chi connectivity index (χ0v) is 14.0. The van der Waals surface area contributed by atoms with Crippen molar-refractivity contribution in [3.05, 3.63) is 29.3 Å². The molecule has 1 aromatic rings. The Bertz CT molecular complexity index is 475. The van der Waals surface area contributed by atoms with Gasteiger partial charge in [-0.2, -0.15) is 0 Å². The highest BCUT2D eigenvalue weighted by molar-refractivity contribution is 5.89. The molecule has 2 rings (SSSR count). The predicted molar refractivity (Wildman–Crippen MR) is 91.5 cm³/mol. The first kappa shape index (κ1) is 16.8. The molecule has 5 heteroatoms. The summed E-state index contributed by atoms with van der Waals surface area (Å²) >= 11 is 0. The SMILES string of the molecule is Cc1cc(C)cc(NC(=O)NCCCN2CCN(C)CC2)c1. The molecular weight excluding hydrogens is 276 g/mol. The van der Waals surface area contributed by atoms with Crippen molar-refractivity contribution in [3.8, 4) is 0 Å². The lowest BCUT2D eigenvalue weighted by molar-refractivity contribution is 0.153. The highest BCUT2D eigenvalue weighted by Gasteiger charge is 2.12. The van der Waals surface area contributed by atoms with E-state index in [2.05, 4.69) is 33.5 Å². The number of aryl methyl sites for hydroxylation is 2. The van der Waals surface area contributed by atoms with Crippen LogP contribution >= 0.6 is 0 Å². The molecule has 5 nitrogen and oxygen atoms in total. The van der Waals surface area contributed by atoms with Crippen LogP contribution in [0.3, 0.4) is 0 Å². The number of hydrogen-bond donors (Lipinski definition) is 2. The Kier molecular flexibility index (Phi) is 6.21. The Balaban J connectivity index is 1.63. The molecule has 2 amide bonds. The van der Waals surface area contributed by atoms with E-state index in [0.29, 0.717) is 6.54 Å². The van der Waals surface area contributed by atoms with Gasteiger partial charge in [0.05, 0.1) is 0 Å². The van der Waals surface area contributed by atoms with E-state index in [4.69, 9.17) is 0 Å². The van der Waals surface area contributed by atoms with E-state index < -0.39 is 0 Å². The monoisotopic (exact) mass is 304 g/mol. The number of nitrogens with zero attached hydrogens (tertiary/aromatic N) is 2. The third-order valence-electron chi connectivity index (χ3n) is 4.01. The van der Waals surface area contributed by atoms with Crippen molar-refractivity contribution >= 4 is 11.7 Å². The van der Waals surface area contributed by atoms with Crippen molar-refractivity contribution in [2.24, 2.45) is 0 Å². The third-order valence-corrected chi connectivity index (χ3v) is 4.01. The van der Waals surface area contributed by atoms with Gasteiger partial charge in [0.2, 0.25) is 0 Å². The molecule has 0 aromatic heterocycles. The van der Waals surface area contributed by atoms with Crippen LogP contribution in [0.15, 0.2) is 18.2 Å². The van der Waals surface area contributed by atoms with Gasteiger partial charge in [0.1, 0.15) is 0 Å². The quantitative estimate of drug-likeness (QED) is 0.819. The van der Waals surface area contributed by atoms with Crippen LogP contribution in [0.2, 0.25) is 0 Å². The molecule has 0 bridgehead atoms. The van der Waals surface area contributed by atoms with Crippen molar-refractivity contribution < 1.29 is 4.79 Å². The second kappa shape index (κ2) is 8.15. The number of anilines is 1. The van der Waals surface area contributed by atoms with Gasteiger partial charge < -0.3 is 20.4 Å². The highest BCUT2D eigenvalue weighted by atomic mass is 16.2. The van der Waals surface area contributed by atoms with E-state index in [1.807, 2.05) is 26.0 Å². The Morgan fingerprint density at radius 1 is 1.09 bits per heavy atom. The van der Waals surface area contributed by atoms with Crippen LogP contribution in [-0.2, 0) is 0 Å². The Morgan fingerprint density at radius 3 is 2.36 bits per heavy atom. The summed E-state index contributed by atoms with van der Waals surface area (Å²) in [5, 5.41) is 5.83. The predicted octanol–water partition coefficient (Wildman–Crippen LogP) is 2.06. The average Bonchev–Trinajstić information content (AvgIpc) is 2.44. The molecular formula is C17H28N4O. The second-order valence-electron chi connectivity index (χ2n) is 6.26. The summed E-state index contributed by atoms with van der Waals surface area (Å²) in [7, 11) is 2.16. The average molecular weight is 304 g/mol. The number of nitrogens with one attached hydrogen (secondary N) is 2. The van der Waals surface area contributed by atoms with E-state index in [9.17, 15) is 4.79 Å². The fourth-order valence-electron chi connectivity index (χ4n) is 2.80. The molecule has 0 saturated carbocycles. The Hall–Kier alpha value is -1.59. The molecule has 0 spiro atoms. The van der Waals surface area contributed by atoms with Gasteiger partial charge in [-0.05, 0) is 57.1 Å². The van der Waals surface area contributed by atoms with Gasteiger partial charge in [-0.3, -0.25) is 0 Å². The van der Waals surface area contributed by atoms with Crippen LogP contribution in [0.5, 0.6) is 0 Å². The summed E-state index contributed by atoms with van der Waals surface area (Å²) in [6.45, 7) is 10.4. The zero-order valence-electron chi connectivity index (χ0n) is 14.0. The van der Waals surface area contributed by atoms with Crippen molar-refractivity contribution in [2.45, 2.75) is 20.3 Å². The van der Waals surface area contributed by atoms with Gasteiger partial charge in [0, 0.05) is 38.4 Å². The molecule has 1 saturated heterocycles. The molecule has 1 heterocycles. The number of benzene rings is 1. The topological polar surface area (TPSA) is 47.6 Å². The van der Waals surface area contributed by atoms with Crippen molar-refractivity contribution in [1.29, 1.82) is 0 Å². The van der Waals surface area contributed by atoms with Crippen LogP contribution in [0.25, 0.3) is 0 Å². The number of carbonyl (C=O) groups excluding carboxylic acids is 1. The van der Waals surface area contributed by atoms with Crippen molar-refractivity contribution in [1.82, 2.24) is 15.1 Å². The van der Waals surface area contributed by atoms with Gasteiger partial charge in [-0.1, -0.05) is 6.07 Å². The van der Waals surface area contributed by atoms with Gasteiger partial charge >= 0.3 is 6.03 Å². The molecule has 0 atom stereocenters. The number of urea groups is 1. The molecule has 2 N–H and O–H groups in total. The first-order valence-electron chi connectivity index (χ1n) is 8.07. The van der Waals surface area contributed by atoms with E-state index in [1.165, 1.54) is 0 Å². The summed E-state index contributed by atoms with van der Waals surface area (Å²) in [4.78, 5) is 16.7. The lowest BCUT2D eigenvalue weighted by Gasteiger charge is -2.32. The smallest absolute Gasteiger partial charge is 0.319 e. The lowest BCUT2D eigenvalue weighted by atomic mass is 10.1. The minimum atomic E-state index is -0.122. The molecule has 22 heavy (non-hydrogen) atoms. The molecule has 122 valence electrons. The first-order chi connectivity index (χ1) is 10.5. The largest absolute Gasteiger partial charge is 0.338 e. The van der Waals surface area contributed by atoms with E-state index in [0.717, 1.165) is 56.0 Å². The summed E-state index contributed by atoms with van der Waals surface area (Å²) in [6.07, 6.45) is 0.990. The maximum absolute atomic E-state index is 11.9. The molecule has 0 radical (unpaired) electrons. The Morgan fingerprint density at radius 2 is 1.73 bits per heavy atom. The molecule has 0 aliphatic carbocycles. The van der Waals surface area contributed by atoms with Gasteiger partial charge in [0.25, 0.3) is 0 Å². The van der Waals surface area contributed by atoms with E-state index in [-0.39, 0.29) is 6.03 Å². The first-order valence-corrected chi connectivity index (χ1v) is 8.07. The Labute approximate surface area is 133 Å². The third kappa shape index (κ3) is 5.66. The number of piperazine rings is 1. The van der Waals surface area contributed by atoms with Gasteiger partial charge in [-0.15, -0.1) is 0 Å². The molecule has 0 unspecified atom stereocenters. The van der Waals surface area contributed by atoms with Crippen molar-refractivity contribution in [3.63, 3.8) is 0 Å². The number of amides is 2. The van der Waals surface area contributed by atoms with E-state index in [1.54, 1.807) is 0 Å². The fourth-order valence-corrected chi connectivity index (χ4v) is 2.80. The summed E-state index contributed by atoms with van der Waals surface area (Å²) in [6, 6.07) is 5.94. The fraction of sp³-hybridized carbons (Fsp3) is 0.588. The van der Waals surface area contributed by atoms with Crippen LogP contribution in [0, 0.1) is 13.8 Å². The minimum absolute atomic E-state index is 0.122. The highest BCUT2D eigenvalue weighted by Crippen LogP contribution is 2.13. The molecule has 1 aromatic carbocycles. The summed E-state index contributed by atoms with van der Waals surface area (Å²) in [5.74, 6) is 0. The van der Waals surface area contributed by atoms with Crippen LogP contribution < -0.4 is 10.6 Å².